The molecule has 0 saturated heterocycles. The minimum absolute atomic E-state index is 0.0263. The summed E-state index contributed by atoms with van der Waals surface area (Å²) >= 11 is 11.8. The summed E-state index contributed by atoms with van der Waals surface area (Å²) in [6, 6.07) is 1.53. The van der Waals surface area contributed by atoms with Crippen LogP contribution >= 0.6 is 23.2 Å². The molecule has 17 heavy (non-hydrogen) atoms. The van der Waals surface area contributed by atoms with Crippen LogP contribution in [-0.4, -0.2) is 12.3 Å². The second kappa shape index (κ2) is 4.10. The fourth-order valence-corrected chi connectivity index (χ4v) is 2.00. The lowest BCUT2D eigenvalue weighted by atomic mass is 10.1. The van der Waals surface area contributed by atoms with Crippen molar-refractivity contribution in [1.82, 2.24) is 0 Å². The third-order valence-corrected chi connectivity index (χ3v) is 3.30. The van der Waals surface area contributed by atoms with Crippen LogP contribution in [0.2, 0.25) is 10.0 Å². The largest absolute Gasteiger partial charge is 0.475 e. The Balaban J connectivity index is 2.48. The van der Waals surface area contributed by atoms with E-state index < -0.39 is 12.3 Å². The molecule has 0 aliphatic carbocycles. The summed E-state index contributed by atoms with van der Waals surface area (Å²) < 4.78 is 42.4. The fourth-order valence-electron chi connectivity index (χ4n) is 1.49. The van der Waals surface area contributed by atoms with Gasteiger partial charge in [0.2, 0.25) is 6.10 Å². The first kappa shape index (κ1) is 12.6. The number of hydrogen-bond acceptors (Lipinski definition) is 1. The number of rotatable bonds is 0. The molecule has 0 radical (unpaired) electrons. The van der Waals surface area contributed by atoms with Crippen molar-refractivity contribution in [2.24, 2.45) is 0 Å². The minimum atomic E-state index is -4.45. The van der Waals surface area contributed by atoms with Crippen LogP contribution in [0, 0.1) is 6.92 Å². The highest BCUT2D eigenvalue weighted by Gasteiger charge is 2.42. The molecule has 1 nitrogen and oxygen atoms in total. The van der Waals surface area contributed by atoms with Gasteiger partial charge in [0.25, 0.3) is 0 Å². The molecule has 0 aromatic heterocycles. The topological polar surface area (TPSA) is 9.23 Å². The van der Waals surface area contributed by atoms with Crippen LogP contribution in [0.15, 0.2) is 12.1 Å². The summed E-state index contributed by atoms with van der Waals surface area (Å²) in [4.78, 5) is 0. The van der Waals surface area contributed by atoms with Crippen molar-refractivity contribution in [3.05, 3.63) is 33.3 Å². The van der Waals surface area contributed by atoms with Crippen molar-refractivity contribution in [2.75, 3.05) is 0 Å². The number of alkyl halides is 3. The van der Waals surface area contributed by atoms with E-state index in [1.165, 1.54) is 12.1 Å². The minimum Gasteiger partial charge on any atom is -0.475 e. The maximum Gasteiger partial charge on any atom is 0.429 e. The molecule has 0 spiro atoms. The number of benzene rings is 1. The Morgan fingerprint density at radius 1 is 1.29 bits per heavy atom. The lowest BCUT2D eigenvalue weighted by Gasteiger charge is -2.25. The average molecular weight is 283 g/mol. The smallest absolute Gasteiger partial charge is 0.429 e. The Bertz CT molecular complexity index is 494. The van der Waals surface area contributed by atoms with E-state index in [1.807, 2.05) is 0 Å². The molecule has 0 fully saturated rings. The Morgan fingerprint density at radius 3 is 2.53 bits per heavy atom. The molecule has 2 rings (SSSR count). The zero-order valence-electron chi connectivity index (χ0n) is 8.61. The molecule has 92 valence electrons. The Labute approximate surface area is 106 Å². The van der Waals surface area contributed by atoms with E-state index in [0.717, 1.165) is 6.08 Å². The first-order chi connectivity index (χ1) is 7.80. The zero-order valence-corrected chi connectivity index (χ0v) is 10.1. The molecule has 1 heterocycles. The molecule has 0 N–H and O–H groups in total. The number of hydrogen-bond donors (Lipinski definition) is 0. The van der Waals surface area contributed by atoms with Gasteiger partial charge in [-0.2, -0.15) is 13.2 Å². The zero-order chi connectivity index (χ0) is 12.8. The first-order valence-electron chi connectivity index (χ1n) is 4.71. The second-order valence-electron chi connectivity index (χ2n) is 3.65. The molecule has 1 aromatic rings. The van der Waals surface area contributed by atoms with Crippen molar-refractivity contribution in [1.29, 1.82) is 0 Å². The van der Waals surface area contributed by atoms with Crippen LogP contribution in [0.5, 0.6) is 5.75 Å². The lowest BCUT2D eigenvalue weighted by molar-refractivity contribution is -0.180. The summed E-state index contributed by atoms with van der Waals surface area (Å²) in [7, 11) is 0. The van der Waals surface area contributed by atoms with Crippen molar-refractivity contribution in [3.8, 4) is 5.75 Å². The van der Waals surface area contributed by atoms with Crippen molar-refractivity contribution in [2.45, 2.75) is 19.2 Å². The van der Waals surface area contributed by atoms with Gasteiger partial charge in [0.15, 0.2) is 0 Å². The van der Waals surface area contributed by atoms with Crippen molar-refractivity contribution < 1.29 is 17.9 Å². The molecule has 0 bridgehead atoms. The van der Waals surface area contributed by atoms with E-state index in [2.05, 4.69) is 0 Å². The van der Waals surface area contributed by atoms with Crippen LogP contribution in [0.25, 0.3) is 6.08 Å². The second-order valence-corrected chi connectivity index (χ2v) is 4.44. The highest BCUT2D eigenvalue weighted by molar-refractivity contribution is 6.37. The van der Waals surface area contributed by atoms with E-state index >= 15 is 0 Å². The SMILES string of the molecule is Cc1c(Cl)cc2c(c1Cl)OC(C(F)(F)F)C=C2. The predicted octanol–water partition coefficient (Wildman–Crippen LogP) is 4.64. The average Bonchev–Trinajstić information content (AvgIpc) is 2.24. The normalized spacial score (nSPS) is 18.8. The van der Waals surface area contributed by atoms with Crippen molar-refractivity contribution in [3.63, 3.8) is 0 Å². The van der Waals surface area contributed by atoms with Crippen LogP contribution in [0.4, 0.5) is 13.2 Å². The predicted molar refractivity (Wildman–Crippen MR) is 60.7 cm³/mol. The Hall–Kier alpha value is -0.870. The van der Waals surface area contributed by atoms with Gasteiger partial charge in [-0.25, -0.2) is 0 Å². The molecule has 1 unspecified atom stereocenters. The van der Waals surface area contributed by atoms with Crippen LogP contribution in [-0.2, 0) is 0 Å². The Morgan fingerprint density at radius 2 is 1.94 bits per heavy atom. The highest BCUT2D eigenvalue weighted by Crippen LogP contribution is 2.41. The molecular formula is C11H7Cl2F3O. The molecular weight excluding hydrogens is 276 g/mol. The molecule has 6 heteroatoms. The van der Waals surface area contributed by atoms with Gasteiger partial charge in [-0.1, -0.05) is 29.3 Å². The van der Waals surface area contributed by atoms with E-state index in [9.17, 15) is 13.2 Å². The molecule has 1 aliphatic rings. The quantitative estimate of drug-likeness (QED) is 0.674. The van der Waals surface area contributed by atoms with Crippen molar-refractivity contribution >= 4 is 29.3 Å². The maximum absolute atomic E-state index is 12.5. The van der Waals surface area contributed by atoms with Gasteiger partial charge in [-0.05, 0) is 24.6 Å². The monoisotopic (exact) mass is 282 g/mol. The van der Waals surface area contributed by atoms with Gasteiger partial charge in [0.1, 0.15) is 5.75 Å². The van der Waals surface area contributed by atoms with E-state index in [4.69, 9.17) is 27.9 Å². The standard InChI is InChI=1S/C11H7Cl2F3O/c1-5-7(12)4-6-2-3-8(11(14,15)16)17-10(6)9(5)13/h2-4,8H,1H3. The number of fused-ring (bicyclic) bond motifs is 1. The van der Waals surface area contributed by atoms with Gasteiger partial charge in [0.05, 0.1) is 5.02 Å². The van der Waals surface area contributed by atoms with Gasteiger partial charge >= 0.3 is 6.18 Å². The van der Waals surface area contributed by atoms with Gasteiger partial charge in [-0.15, -0.1) is 0 Å². The summed E-state index contributed by atoms with van der Waals surface area (Å²) in [5, 5.41) is 0.513. The summed E-state index contributed by atoms with van der Waals surface area (Å²) in [5.74, 6) is 0.0263. The van der Waals surface area contributed by atoms with E-state index in [-0.39, 0.29) is 10.8 Å². The maximum atomic E-state index is 12.5. The lowest BCUT2D eigenvalue weighted by Crippen LogP contribution is -2.34. The number of ether oxygens (including phenoxy) is 1. The van der Waals surface area contributed by atoms with E-state index in [0.29, 0.717) is 16.1 Å². The molecule has 0 amide bonds. The van der Waals surface area contributed by atoms with Gasteiger partial charge in [-0.3, -0.25) is 0 Å². The van der Waals surface area contributed by atoms with Gasteiger partial charge < -0.3 is 4.74 Å². The summed E-state index contributed by atoms with van der Waals surface area (Å²) in [6.07, 6.45) is -4.17. The highest BCUT2D eigenvalue weighted by atomic mass is 35.5. The first-order valence-corrected chi connectivity index (χ1v) is 5.46. The van der Waals surface area contributed by atoms with Crippen LogP contribution < -0.4 is 4.74 Å². The van der Waals surface area contributed by atoms with Crippen LogP contribution in [0.1, 0.15) is 11.1 Å². The third kappa shape index (κ3) is 2.24. The third-order valence-electron chi connectivity index (χ3n) is 2.45. The van der Waals surface area contributed by atoms with Crippen LogP contribution in [0.3, 0.4) is 0 Å². The molecule has 0 saturated carbocycles. The molecule has 1 atom stereocenters. The molecule has 1 aliphatic heterocycles. The number of halogens is 5. The Kier molecular flexibility index (Phi) is 3.04. The summed E-state index contributed by atoms with van der Waals surface area (Å²) in [6.45, 7) is 1.62. The summed E-state index contributed by atoms with van der Waals surface area (Å²) in [5.41, 5.74) is 0.953. The fraction of sp³-hybridized carbons (Fsp3) is 0.273. The van der Waals surface area contributed by atoms with Gasteiger partial charge in [0, 0.05) is 10.6 Å². The molecule has 1 aromatic carbocycles. The van der Waals surface area contributed by atoms with E-state index in [1.54, 1.807) is 6.92 Å².